The highest BCUT2D eigenvalue weighted by atomic mass is 32.2. The van der Waals surface area contributed by atoms with Crippen LogP contribution in [0.15, 0.2) is 71.6 Å². The van der Waals surface area contributed by atoms with E-state index in [1.165, 1.54) is 24.3 Å². The van der Waals surface area contributed by atoms with Gasteiger partial charge in [-0.15, -0.1) is 0 Å². The molecule has 0 saturated heterocycles. The zero-order valence-corrected chi connectivity index (χ0v) is 18.0. The van der Waals surface area contributed by atoms with Gasteiger partial charge >= 0.3 is 11.4 Å². The second-order valence-corrected chi connectivity index (χ2v) is 8.58. The van der Waals surface area contributed by atoms with Gasteiger partial charge in [-0.05, 0) is 49.7 Å². The molecular formula is C21H19N3O7S. The van der Waals surface area contributed by atoms with Gasteiger partial charge in [-0.1, -0.05) is 24.3 Å². The van der Waals surface area contributed by atoms with Gasteiger partial charge < -0.3 is 4.74 Å². The first kappa shape index (κ1) is 22.7. The van der Waals surface area contributed by atoms with Crippen molar-refractivity contribution < 1.29 is 23.0 Å². The maximum Gasteiger partial charge on any atom is 0.312 e. The lowest BCUT2D eigenvalue weighted by atomic mass is 10.2. The van der Waals surface area contributed by atoms with Crippen molar-refractivity contribution in [1.82, 2.24) is 0 Å². The van der Waals surface area contributed by atoms with Gasteiger partial charge in [0.2, 0.25) is 11.5 Å². The minimum absolute atomic E-state index is 0.105. The molecular weight excluding hydrogens is 438 g/mol. The smallest absolute Gasteiger partial charge is 0.312 e. The molecule has 0 aromatic heterocycles. The van der Waals surface area contributed by atoms with Crippen molar-refractivity contribution in [1.29, 1.82) is 0 Å². The summed E-state index contributed by atoms with van der Waals surface area (Å²) < 4.78 is 33.0. The Morgan fingerprint density at radius 2 is 1.53 bits per heavy atom. The highest BCUT2D eigenvalue weighted by Gasteiger charge is 2.28. The largest absolute Gasteiger partial charge is 0.443 e. The molecule has 32 heavy (non-hydrogen) atoms. The van der Waals surface area contributed by atoms with Crippen LogP contribution < -0.4 is 9.04 Å². The molecule has 3 rings (SSSR count). The Morgan fingerprint density at radius 3 is 2.12 bits per heavy atom. The summed E-state index contributed by atoms with van der Waals surface area (Å²) in [6.07, 6.45) is 0. The first-order valence-corrected chi connectivity index (χ1v) is 10.9. The molecule has 0 fully saturated rings. The molecule has 0 saturated carbocycles. The number of benzene rings is 3. The van der Waals surface area contributed by atoms with Crippen molar-refractivity contribution in [3.05, 3.63) is 92.5 Å². The van der Waals surface area contributed by atoms with Gasteiger partial charge in [0.15, 0.2) is 0 Å². The van der Waals surface area contributed by atoms with Gasteiger partial charge in [0.25, 0.3) is 10.0 Å². The number of sulfonamides is 1. The third kappa shape index (κ3) is 4.52. The number of para-hydroxylation sites is 1. The van der Waals surface area contributed by atoms with Crippen molar-refractivity contribution in [3.63, 3.8) is 0 Å². The molecule has 0 aliphatic carbocycles. The molecule has 0 amide bonds. The minimum atomic E-state index is -4.11. The second-order valence-electron chi connectivity index (χ2n) is 6.72. The lowest BCUT2D eigenvalue weighted by Gasteiger charge is -2.23. The van der Waals surface area contributed by atoms with Crippen LogP contribution in [0, 0.1) is 27.2 Å². The number of nitrogens with zero attached hydrogens (tertiary/aromatic N) is 3. The van der Waals surface area contributed by atoms with E-state index in [0.29, 0.717) is 11.3 Å². The summed E-state index contributed by atoms with van der Waals surface area (Å²) >= 11 is 0. The Kier molecular flexibility index (Phi) is 6.40. The number of hydrogen-bond acceptors (Lipinski definition) is 7. The molecule has 0 radical (unpaired) electrons. The van der Waals surface area contributed by atoms with E-state index in [4.69, 9.17) is 4.74 Å². The number of ether oxygens (including phenoxy) is 1. The monoisotopic (exact) mass is 457 g/mol. The highest BCUT2D eigenvalue weighted by molar-refractivity contribution is 7.92. The summed E-state index contributed by atoms with van der Waals surface area (Å²) in [6.45, 7) is 3.44. The second kappa shape index (κ2) is 9.02. The van der Waals surface area contributed by atoms with Crippen LogP contribution in [0.2, 0.25) is 0 Å². The molecule has 166 valence electrons. The summed E-state index contributed by atoms with van der Waals surface area (Å²) in [5.41, 5.74) is 0.0519. The normalized spacial score (nSPS) is 11.1. The third-order valence-electron chi connectivity index (χ3n) is 4.58. The van der Waals surface area contributed by atoms with E-state index in [2.05, 4.69) is 0 Å². The van der Waals surface area contributed by atoms with Gasteiger partial charge in [-0.2, -0.15) is 0 Å². The van der Waals surface area contributed by atoms with E-state index in [0.717, 1.165) is 16.4 Å². The lowest BCUT2D eigenvalue weighted by Crippen LogP contribution is -2.30. The fourth-order valence-corrected chi connectivity index (χ4v) is 4.57. The van der Waals surface area contributed by atoms with Crippen molar-refractivity contribution >= 4 is 27.1 Å². The Bertz CT molecular complexity index is 1280. The predicted octanol–water partition coefficient (Wildman–Crippen LogP) is 4.82. The molecule has 11 heteroatoms. The number of aryl methyl sites for hydroxylation is 1. The van der Waals surface area contributed by atoms with Crippen LogP contribution in [0.4, 0.5) is 17.1 Å². The van der Waals surface area contributed by atoms with Crippen LogP contribution in [0.1, 0.15) is 12.5 Å². The van der Waals surface area contributed by atoms with Crippen molar-refractivity contribution in [2.75, 3.05) is 10.8 Å². The van der Waals surface area contributed by atoms with Gasteiger partial charge in [-0.25, -0.2) is 8.42 Å². The van der Waals surface area contributed by atoms with Gasteiger partial charge in [0.05, 0.1) is 20.4 Å². The lowest BCUT2D eigenvalue weighted by molar-refractivity contribution is -0.387. The van der Waals surface area contributed by atoms with Crippen LogP contribution in [-0.4, -0.2) is 24.8 Å². The fourth-order valence-electron chi connectivity index (χ4n) is 3.07. The van der Waals surface area contributed by atoms with Gasteiger partial charge in [0, 0.05) is 18.7 Å². The maximum atomic E-state index is 13.2. The number of hydrogen-bond donors (Lipinski definition) is 0. The van der Waals surface area contributed by atoms with Gasteiger partial charge in [0.1, 0.15) is 0 Å². The number of nitro benzene ring substituents is 2. The molecule has 0 unspecified atom stereocenters. The van der Waals surface area contributed by atoms with Crippen LogP contribution in [0.3, 0.4) is 0 Å². The van der Waals surface area contributed by atoms with E-state index in [9.17, 15) is 28.6 Å². The van der Waals surface area contributed by atoms with Crippen LogP contribution in [0.5, 0.6) is 11.5 Å². The third-order valence-corrected chi connectivity index (χ3v) is 6.48. The van der Waals surface area contributed by atoms with Crippen LogP contribution in [0.25, 0.3) is 0 Å². The zero-order chi connectivity index (χ0) is 23.5. The average Bonchev–Trinajstić information content (AvgIpc) is 2.74. The molecule has 0 N–H and O–H groups in total. The molecule has 0 heterocycles. The average molecular weight is 457 g/mol. The van der Waals surface area contributed by atoms with Crippen molar-refractivity contribution in [2.45, 2.75) is 18.7 Å². The first-order valence-electron chi connectivity index (χ1n) is 9.44. The van der Waals surface area contributed by atoms with E-state index >= 15 is 0 Å². The quantitative estimate of drug-likeness (QED) is 0.350. The van der Waals surface area contributed by atoms with E-state index in [1.807, 2.05) is 0 Å². The van der Waals surface area contributed by atoms with Crippen LogP contribution in [-0.2, 0) is 10.0 Å². The Labute approximate surface area is 184 Å². The van der Waals surface area contributed by atoms with Crippen molar-refractivity contribution in [2.24, 2.45) is 0 Å². The molecule has 3 aromatic rings. The summed E-state index contributed by atoms with van der Waals surface area (Å²) in [4.78, 5) is 21.2. The van der Waals surface area contributed by atoms with E-state index in [-0.39, 0.29) is 28.6 Å². The number of rotatable bonds is 8. The summed E-state index contributed by atoms with van der Waals surface area (Å²) in [6, 6.07) is 15.6. The van der Waals surface area contributed by atoms with E-state index in [1.54, 1.807) is 44.2 Å². The summed E-state index contributed by atoms with van der Waals surface area (Å²) in [5.74, 6) is -0.501. The molecule has 0 spiro atoms. The Hall–Kier alpha value is -3.99. The zero-order valence-electron chi connectivity index (χ0n) is 17.2. The summed E-state index contributed by atoms with van der Waals surface area (Å²) in [7, 11) is -4.11. The van der Waals surface area contributed by atoms with Crippen LogP contribution >= 0.6 is 0 Å². The van der Waals surface area contributed by atoms with Gasteiger partial charge in [-0.3, -0.25) is 24.5 Å². The first-order chi connectivity index (χ1) is 15.1. The SMILES string of the molecule is CCN(c1ccccc1)S(=O)(=O)c1ccc(Oc2cc(C)ccc2[N+](=O)[O-])c([N+](=O)[O-])c1. The minimum Gasteiger partial charge on any atom is -0.443 e. The number of anilines is 1. The fraction of sp³-hybridized carbons (Fsp3) is 0.143. The standard InChI is InChI=1S/C21H19N3O7S/c1-3-22(16-7-5-4-6-8-16)32(29,30)17-10-12-20(19(14-17)24(27)28)31-21-13-15(2)9-11-18(21)23(25)26/h4-14H,3H2,1-2H3. The topological polar surface area (TPSA) is 133 Å². The number of nitro groups is 2. The van der Waals surface area contributed by atoms with Crippen molar-refractivity contribution in [3.8, 4) is 11.5 Å². The molecule has 0 aliphatic rings. The predicted molar refractivity (Wildman–Crippen MR) is 118 cm³/mol. The molecule has 0 bridgehead atoms. The summed E-state index contributed by atoms with van der Waals surface area (Å²) in [5, 5.41) is 22.9. The molecule has 0 atom stereocenters. The Balaban J connectivity index is 2.07. The molecule has 3 aromatic carbocycles. The van der Waals surface area contributed by atoms with E-state index < -0.39 is 25.6 Å². The molecule has 10 nitrogen and oxygen atoms in total. The Morgan fingerprint density at radius 1 is 0.875 bits per heavy atom. The maximum absolute atomic E-state index is 13.2. The highest BCUT2D eigenvalue weighted by Crippen LogP contribution is 2.38. The molecule has 0 aliphatic heterocycles.